The highest BCUT2D eigenvalue weighted by atomic mass is 79.9. The number of benzene rings is 2. The summed E-state index contributed by atoms with van der Waals surface area (Å²) >= 11 is 3.33. The summed E-state index contributed by atoms with van der Waals surface area (Å²) < 4.78 is 33.5. The van der Waals surface area contributed by atoms with Crippen LogP contribution >= 0.6 is 15.9 Å². The van der Waals surface area contributed by atoms with Crippen LogP contribution in [0.2, 0.25) is 0 Å². The van der Waals surface area contributed by atoms with E-state index in [0.29, 0.717) is 5.56 Å². The number of halogens is 3. The summed E-state index contributed by atoms with van der Waals surface area (Å²) in [4.78, 5) is 0. The zero-order valence-electron chi connectivity index (χ0n) is 11.0. The molecule has 0 bridgehead atoms. The van der Waals surface area contributed by atoms with Gasteiger partial charge in [0, 0.05) is 16.6 Å². The lowest BCUT2D eigenvalue weighted by Gasteiger charge is -2.17. The van der Waals surface area contributed by atoms with Crippen LogP contribution in [0.15, 0.2) is 34.8 Å². The van der Waals surface area contributed by atoms with E-state index < -0.39 is 17.7 Å². The largest absolute Gasteiger partial charge is 0.497 e. The second kappa shape index (κ2) is 5.89. The molecule has 2 rings (SSSR count). The van der Waals surface area contributed by atoms with E-state index in [2.05, 4.69) is 15.9 Å². The molecule has 0 aromatic heterocycles. The molecule has 0 saturated carbocycles. The predicted octanol–water partition coefficient (Wildman–Crippen LogP) is 4.13. The maximum Gasteiger partial charge on any atom is 0.135 e. The fourth-order valence-electron chi connectivity index (χ4n) is 2.02. The third-order valence-corrected chi connectivity index (χ3v) is 4.02. The number of rotatable bonds is 3. The Hall–Kier alpha value is -1.46. The predicted molar refractivity (Wildman–Crippen MR) is 75.9 cm³/mol. The van der Waals surface area contributed by atoms with Gasteiger partial charge in [0.1, 0.15) is 23.5 Å². The molecule has 0 amide bonds. The number of hydrogen-bond acceptors (Lipinski definition) is 2. The van der Waals surface area contributed by atoms with Gasteiger partial charge in [-0.15, -0.1) is 0 Å². The van der Waals surface area contributed by atoms with Crippen LogP contribution in [0.1, 0.15) is 22.8 Å². The van der Waals surface area contributed by atoms with Crippen molar-refractivity contribution < 1.29 is 18.6 Å². The molecule has 5 heteroatoms. The zero-order chi connectivity index (χ0) is 14.9. The first kappa shape index (κ1) is 14.9. The van der Waals surface area contributed by atoms with Crippen LogP contribution in [0.3, 0.4) is 0 Å². The molecule has 2 aromatic carbocycles. The van der Waals surface area contributed by atoms with Crippen LogP contribution in [0.5, 0.6) is 5.75 Å². The van der Waals surface area contributed by atoms with Crippen LogP contribution in [-0.2, 0) is 0 Å². The standard InChI is InChI=1S/C15H13BrF2O2/c1-8-10(4-3-5-11(8)16)15(19)14-12(17)6-9(20-2)7-13(14)18/h3-7,15,19H,1-2H3. The Morgan fingerprint density at radius 1 is 1.20 bits per heavy atom. The Labute approximate surface area is 124 Å². The van der Waals surface area contributed by atoms with E-state index in [0.717, 1.165) is 22.2 Å². The van der Waals surface area contributed by atoms with Crippen molar-refractivity contribution in [1.82, 2.24) is 0 Å². The van der Waals surface area contributed by atoms with Gasteiger partial charge < -0.3 is 9.84 Å². The minimum absolute atomic E-state index is 0.0712. The first-order valence-corrected chi connectivity index (χ1v) is 6.71. The SMILES string of the molecule is COc1cc(F)c(C(O)c2cccc(Br)c2C)c(F)c1. The van der Waals surface area contributed by atoms with Gasteiger partial charge in [0.15, 0.2) is 0 Å². The fourth-order valence-corrected chi connectivity index (χ4v) is 2.40. The van der Waals surface area contributed by atoms with Crippen molar-refractivity contribution in [2.75, 3.05) is 7.11 Å². The molecular weight excluding hydrogens is 330 g/mol. The van der Waals surface area contributed by atoms with Gasteiger partial charge >= 0.3 is 0 Å². The van der Waals surface area contributed by atoms with Crippen LogP contribution in [0.4, 0.5) is 8.78 Å². The first-order valence-electron chi connectivity index (χ1n) is 5.91. The monoisotopic (exact) mass is 342 g/mol. The molecule has 0 aliphatic carbocycles. The van der Waals surface area contributed by atoms with Crippen LogP contribution in [0, 0.1) is 18.6 Å². The Bertz CT molecular complexity index is 621. The van der Waals surface area contributed by atoms with Gasteiger partial charge in [0.05, 0.1) is 12.7 Å². The smallest absolute Gasteiger partial charge is 0.135 e. The van der Waals surface area contributed by atoms with Crippen molar-refractivity contribution >= 4 is 15.9 Å². The van der Waals surface area contributed by atoms with E-state index in [9.17, 15) is 13.9 Å². The van der Waals surface area contributed by atoms with E-state index in [1.165, 1.54) is 7.11 Å². The summed E-state index contributed by atoms with van der Waals surface area (Å²) in [5.41, 5.74) is 0.795. The van der Waals surface area contributed by atoms with Crippen molar-refractivity contribution in [2.24, 2.45) is 0 Å². The average Bonchev–Trinajstić information content (AvgIpc) is 2.40. The van der Waals surface area contributed by atoms with E-state index in [-0.39, 0.29) is 11.3 Å². The second-order valence-corrected chi connectivity index (χ2v) is 5.22. The third kappa shape index (κ3) is 2.69. The number of ether oxygens (including phenoxy) is 1. The minimum atomic E-state index is -1.38. The summed E-state index contributed by atoms with van der Waals surface area (Å²) in [5.74, 6) is -1.61. The number of hydrogen-bond donors (Lipinski definition) is 1. The lowest BCUT2D eigenvalue weighted by molar-refractivity contribution is 0.208. The fraction of sp³-hybridized carbons (Fsp3) is 0.200. The normalized spacial score (nSPS) is 12.3. The van der Waals surface area contributed by atoms with Crippen molar-refractivity contribution in [1.29, 1.82) is 0 Å². The van der Waals surface area contributed by atoms with Crippen LogP contribution in [-0.4, -0.2) is 12.2 Å². The van der Waals surface area contributed by atoms with Gasteiger partial charge in [-0.05, 0) is 24.1 Å². The third-order valence-electron chi connectivity index (χ3n) is 3.17. The molecule has 2 nitrogen and oxygen atoms in total. The first-order chi connectivity index (χ1) is 9.45. The number of aliphatic hydroxyl groups excluding tert-OH is 1. The lowest BCUT2D eigenvalue weighted by atomic mass is 9.96. The molecule has 20 heavy (non-hydrogen) atoms. The molecule has 1 unspecified atom stereocenters. The molecule has 0 radical (unpaired) electrons. The molecule has 0 spiro atoms. The average molecular weight is 343 g/mol. The summed E-state index contributed by atoms with van der Waals surface area (Å²) in [6.07, 6.45) is -1.38. The maximum atomic E-state index is 14.0. The summed E-state index contributed by atoms with van der Waals surface area (Å²) in [7, 11) is 1.32. The van der Waals surface area contributed by atoms with Crippen LogP contribution in [0.25, 0.3) is 0 Å². The molecule has 106 valence electrons. The van der Waals surface area contributed by atoms with Gasteiger partial charge in [-0.2, -0.15) is 0 Å². The Morgan fingerprint density at radius 3 is 2.35 bits per heavy atom. The highest BCUT2D eigenvalue weighted by molar-refractivity contribution is 9.10. The Morgan fingerprint density at radius 2 is 1.80 bits per heavy atom. The highest BCUT2D eigenvalue weighted by Crippen LogP contribution is 2.33. The van der Waals surface area contributed by atoms with Gasteiger partial charge in [0.25, 0.3) is 0 Å². The molecule has 0 fully saturated rings. The summed E-state index contributed by atoms with van der Waals surface area (Å²) in [6.45, 7) is 1.77. The Balaban J connectivity index is 2.54. The maximum absolute atomic E-state index is 14.0. The zero-order valence-corrected chi connectivity index (χ0v) is 12.5. The molecule has 0 heterocycles. The van der Waals surface area contributed by atoms with Gasteiger partial charge in [-0.1, -0.05) is 28.1 Å². The highest BCUT2D eigenvalue weighted by Gasteiger charge is 2.22. The van der Waals surface area contributed by atoms with Gasteiger partial charge in [-0.3, -0.25) is 0 Å². The molecule has 1 N–H and O–H groups in total. The number of aliphatic hydroxyl groups is 1. The van der Waals surface area contributed by atoms with Crippen molar-refractivity contribution in [3.8, 4) is 5.75 Å². The molecule has 0 aliphatic rings. The summed E-state index contributed by atoms with van der Waals surface area (Å²) in [6, 6.07) is 7.24. The summed E-state index contributed by atoms with van der Waals surface area (Å²) in [5, 5.41) is 10.3. The van der Waals surface area contributed by atoms with Gasteiger partial charge in [0.2, 0.25) is 0 Å². The van der Waals surface area contributed by atoms with Crippen LogP contribution < -0.4 is 4.74 Å². The van der Waals surface area contributed by atoms with E-state index in [4.69, 9.17) is 4.74 Å². The molecule has 1 atom stereocenters. The molecule has 0 aliphatic heterocycles. The quantitative estimate of drug-likeness (QED) is 0.908. The van der Waals surface area contributed by atoms with E-state index in [1.807, 2.05) is 0 Å². The lowest BCUT2D eigenvalue weighted by Crippen LogP contribution is -2.08. The molecular formula is C15H13BrF2O2. The van der Waals surface area contributed by atoms with Crippen molar-refractivity contribution in [3.05, 3.63) is 63.1 Å². The Kier molecular flexibility index (Phi) is 4.40. The number of methoxy groups -OCH3 is 1. The second-order valence-electron chi connectivity index (χ2n) is 4.36. The molecule has 0 saturated heterocycles. The minimum Gasteiger partial charge on any atom is -0.497 e. The molecule has 2 aromatic rings. The van der Waals surface area contributed by atoms with E-state index in [1.54, 1.807) is 25.1 Å². The van der Waals surface area contributed by atoms with Crippen molar-refractivity contribution in [2.45, 2.75) is 13.0 Å². The van der Waals surface area contributed by atoms with Gasteiger partial charge in [-0.25, -0.2) is 8.78 Å². The van der Waals surface area contributed by atoms with E-state index >= 15 is 0 Å². The van der Waals surface area contributed by atoms with Crippen molar-refractivity contribution in [3.63, 3.8) is 0 Å². The topological polar surface area (TPSA) is 29.5 Å².